The number of H-pyrrole nitrogens is 1. The number of methoxy groups -OCH3 is 2. The zero-order valence-corrected chi connectivity index (χ0v) is 14.7. The molecule has 128 valence electrons. The second kappa shape index (κ2) is 6.04. The summed E-state index contributed by atoms with van der Waals surface area (Å²) in [5, 5.41) is 7.90. The van der Waals surface area contributed by atoms with Crippen LogP contribution in [0.4, 0.5) is 5.82 Å². The van der Waals surface area contributed by atoms with Crippen LogP contribution in [0.2, 0.25) is 0 Å². The van der Waals surface area contributed by atoms with E-state index < -0.39 is 0 Å². The molecular weight excluding hydrogens is 302 g/mol. The number of ether oxygens (including phenoxy) is 2. The normalized spacial score (nSPS) is 16.6. The third kappa shape index (κ3) is 2.34. The number of rotatable bonds is 4. The van der Waals surface area contributed by atoms with E-state index in [0.29, 0.717) is 6.04 Å². The number of aromatic amines is 1. The molecule has 1 N–H and O–H groups in total. The van der Waals surface area contributed by atoms with Gasteiger partial charge in [-0.05, 0) is 30.5 Å². The average Bonchev–Trinajstić information content (AvgIpc) is 3.19. The van der Waals surface area contributed by atoms with Crippen LogP contribution in [0.15, 0.2) is 12.1 Å². The molecule has 1 aromatic carbocycles. The van der Waals surface area contributed by atoms with Crippen LogP contribution in [-0.4, -0.2) is 37.5 Å². The third-order valence-corrected chi connectivity index (χ3v) is 5.55. The largest absolute Gasteiger partial charge is 0.493 e. The van der Waals surface area contributed by atoms with Gasteiger partial charge in [0.2, 0.25) is 0 Å². The molecule has 1 heterocycles. The van der Waals surface area contributed by atoms with Crippen molar-refractivity contribution in [2.75, 3.05) is 26.2 Å². The predicted octanol–water partition coefficient (Wildman–Crippen LogP) is 3.77. The quantitative estimate of drug-likeness (QED) is 0.792. The molecule has 5 heteroatoms. The van der Waals surface area contributed by atoms with Gasteiger partial charge in [0.15, 0.2) is 17.3 Å². The van der Waals surface area contributed by atoms with Crippen molar-refractivity contribution in [2.45, 2.75) is 44.6 Å². The van der Waals surface area contributed by atoms with E-state index >= 15 is 0 Å². The smallest absolute Gasteiger partial charge is 0.161 e. The zero-order chi connectivity index (χ0) is 16.7. The van der Waals surface area contributed by atoms with Gasteiger partial charge in [-0.1, -0.05) is 19.3 Å². The third-order valence-electron chi connectivity index (χ3n) is 5.55. The van der Waals surface area contributed by atoms with Gasteiger partial charge in [-0.3, -0.25) is 5.10 Å². The topological polar surface area (TPSA) is 50.4 Å². The van der Waals surface area contributed by atoms with Gasteiger partial charge in [-0.25, -0.2) is 0 Å². The number of hydrogen-bond donors (Lipinski definition) is 1. The molecule has 0 spiro atoms. The number of hydrogen-bond acceptors (Lipinski definition) is 4. The van der Waals surface area contributed by atoms with Gasteiger partial charge in [0.1, 0.15) is 0 Å². The van der Waals surface area contributed by atoms with Crippen LogP contribution in [0, 0.1) is 0 Å². The van der Waals surface area contributed by atoms with Gasteiger partial charge in [-0.2, -0.15) is 5.10 Å². The number of benzene rings is 1. The van der Waals surface area contributed by atoms with Crippen molar-refractivity contribution >= 4 is 5.82 Å². The van der Waals surface area contributed by atoms with Crippen molar-refractivity contribution in [1.82, 2.24) is 10.2 Å². The molecule has 0 unspecified atom stereocenters. The van der Waals surface area contributed by atoms with E-state index in [2.05, 4.69) is 34.3 Å². The first-order valence-electron chi connectivity index (χ1n) is 8.78. The minimum absolute atomic E-state index is 0.610. The Bertz CT molecular complexity index is 747. The van der Waals surface area contributed by atoms with Crippen molar-refractivity contribution in [1.29, 1.82) is 0 Å². The van der Waals surface area contributed by atoms with Crippen LogP contribution in [0.5, 0.6) is 11.5 Å². The molecule has 4 rings (SSSR count). The highest BCUT2D eigenvalue weighted by Gasteiger charge is 2.30. The summed E-state index contributed by atoms with van der Waals surface area (Å²) >= 11 is 0. The Labute approximate surface area is 143 Å². The molecule has 2 aliphatic carbocycles. The Hall–Kier alpha value is -2.17. The lowest BCUT2D eigenvalue weighted by atomic mass is 9.94. The van der Waals surface area contributed by atoms with Crippen LogP contribution in [-0.2, 0) is 6.42 Å². The lowest BCUT2D eigenvalue weighted by molar-refractivity contribution is 0.355. The zero-order valence-electron chi connectivity index (χ0n) is 14.7. The van der Waals surface area contributed by atoms with Crippen LogP contribution < -0.4 is 14.4 Å². The summed E-state index contributed by atoms with van der Waals surface area (Å²) in [7, 11) is 5.55. The second-order valence-electron chi connectivity index (χ2n) is 6.84. The molecular formula is C19H25N3O2. The maximum Gasteiger partial charge on any atom is 0.161 e. The first kappa shape index (κ1) is 15.4. The average molecular weight is 327 g/mol. The van der Waals surface area contributed by atoms with E-state index in [9.17, 15) is 0 Å². The molecule has 1 saturated carbocycles. The Morgan fingerprint density at radius 3 is 2.50 bits per heavy atom. The highest BCUT2D eigenvalue weighted by Crippen LogP contribution is 2.45. The molecule has 24 heavy (non-hydrogen) atoms. The van der Waals surface area contributed by atoms with Gasteiger partial charge < -0.3 is 14.4 Å². The summed E-state index contributed by atoms with van der Waals surface area (Å²) in [6.45, 7) is 0. The molecule has 1 fully saturated rings. The van der Waals surface area contributed by atoms with Crippen molar-refractivity contribution in [2.24, 2.45) is 0 Å². The summed E-state index contributed by atoms with van der Waals surface area (Å²) in [5.74, 6) is 2.66. The Morgan fingerprint density at radius 1 is 1.08 bits per heavy atom. The Kier molecular flexibility index (Phi) is 3.87. The molecule has 0 atom stereocenters. The number of anilines is 1. The summed E-state index contributed by atoms with van der Waals surface area (Å²) in [6.07, 6.45) is 7.47. The Balaban J connectivity index is 1.68. The Morgan fingerprint density at radius 2 is 1.79 bits per heavy atom. The molecule has 0 saturated heterocycles. The van der Waals surface area contributed by atoms with Gasteiger partial charge >= 0.3 is 0 Å². The van der Waals surface area contributed by atoms with E-state index in [1.807, 2.05) is 0 Å². The van der Waals surface area contributed by atoms with Gasteiger partial charge in [0.25, 0.3) is 0 Å². The number of nitrogens with zero attached hydrogens (tertiary/aromatic N) is 2. The molecule has 0 bridgehead atoms. The molecule has 5 nitrogen and oxygen atoms in total. The fourth-order valence-electron chi connectivity index (χ4n) is 4.17. The summed E-state index contributed by atoms with van der Waals surface area (Å²) < 4.78 is 10.9. The maximum atomic E-state index is 5.46. The van der Waals surface area contributed by atoms with Crippen LogP contribution in [0.25, 0.3) is 11.3 Å². The van der Waals surface area contributed by atoms with E-state index in [1.165, 1.54) is 48.8 Å². The second-order valence-corrected chi connectivity index (χ2v) is 6.84. The minimum Gasteiger partial charge on any atom is -0.493 e. The number of fused-ring (bicyclic) bond motifs is 3. The highest BCUT2D eigenvalue weighted by molar-refractivity contribution is 5.80. The monoisotopic (exact) mass is 327 g/mol. The van der Waals surface area contributed by atoms with E-state index in [1.54, 1.807) is 14.2 Å². The maximum absolute atomic E-state index is 5.46. The van der Waals surface area contributed by atoms with Gasteiger partial charge in [-0.15, -0.1) is 0 Å². The number of nitrogens with one attached hydrogen (secondary N) is 1. The van der Waals surface area contributed by atoms with Crippen molar-refractivity contribution < 1.29 is 9.47 Å². The molecule has 0 aliphatic heterocycles. The summed E-state index contributed by atoms with van der Waals surface area (Å²) in [6, 6.07) is 4.76. The van der Waals surface area contributed by atoms with Crippen LogP contribution in [0.3, 0.4) is 0 Å². The fourth-order valence-corrected chi connectivity index (χ4v) is 4.17. The van der Waals surface area contributed by atoms with Crippen LogP contribution in [0.1, 0.15) is 43.2 Å². The van der Waals surface area contributed by atoms with Crippen molar-refractivity contribution in [3.63, 3.8) is 0 Å². The minimum atomic E-state index is 0.610. The standard InChI is InChI=1S/C19H25N3O2/c1-22(13-7-5-4-6-8-13)19-15-9-12-10-16(23-2)17(24-3)11-14(12)18(15)20-21-19/h10-11,13H,4-9H2,1-3H3,(H,20,21). The van der Waals surface area contributed by atoms with Crippen molar-refractivity contribution in [3.8, 4) is 22.8 Å². The van der Waals surface area contributed by atoms with Crippen LogP contribution >= 0.6 is 0 Å². The molecule has 0 amide bonds. The van der Waals surface area contributed by atoms with Crippen molar-refractivity contribution in [3.05, 3.63) is 23.3 Å². The predicted molar refractivity (Wildman–Crippen MR) is 95.2 cm³/mol. The molecule has 2 aliphatic rings. The first-order valence-corrected chi connectivity index (χ1v) is 8.78. The van der Waals surface area contributed by atoms with E-state index in [0.717, 1.165) is 29.4 Å². The molecule has 2 aromatic rings. The lowest BCUT2D eigenvalue weighted by Crippen LogP contribution is -2.34. The van der Waals surface area contributed by atoms with E-state index in [-0.39, 0.29) is 0 Å². The fraction of sp³-hybridized carbons (Fsp3) is 0.526. The summed E-state index contributed by atoms with van der Waals surface area (Å²) in [5.41, 5.74) is 4.88. The van der Waals surface area contributed by atoms with Gasteiger partial charge in [0.05, 0.1) is 19.9 Å². The first-order chi connectivity index (χ1) is 11.7. The lowest BCUT2D eigenvalue weighted by Gasteiger charge is -2.31. The number of aromatic nitrogens is 2. The highest BCUT2D eigenvalue weighted by atomic mass is 16.5. The SMILES string of the molecule is COc1cc2c(cc1OC)-c1[nH]nc(N(C)C3CCCCC3)c1C2. The molecule has 1 aromatic heterocycles. The molecule has 0 radical (unpaired) electrons. The van der Waals surface area contributed by atoms with Gasteiger partial charge in [0, 0.05) is 30.6 Å². The summed E-state index contributed by atoms with van der Waals surface area (Å²) in [4.78, 5) is 2.38. The van der Waals surface area contributed by atoms with E-state index in [4.69, 9.17) is 9.47 Å².